The molecule has 43 heavy (non-hydrogen) atoms. The summed E-state index contributed by atoms with van der Waals surface area (Å²) in [6.07, 6.45) is 0.317. The molecular formula is C31H31Cl2F2N5O3. The van der Waals surface area contributed by atoms with Crippen molar-refractivity contribution in [2.45, 2.75) is 50.6 Å². The van der Waals surface area contributed by atoms with E-state index in [2.05, 4.69) is 16.7 Å². The van der Waals surface area contributed by atoms with Crippen molar-refractivity contribution in [2.24, 2.45) is 11.3 Å². The number of rotatable bonds is 7. The van der Waals surface area contributed by atoms with Gasteiger partial charge in [-0.15, -0.1) is 0 Å². The van der Waals surface area contributed by atoms with E-state index in [9.17, 15) is 14.9 Å². The molecule has 0 radical (unpaired) electrons. The molecule has 3 aromatic carbocycles. The number of amides is 2. The lowest BCUT2D eigenvalue weighted by Crippen LogP contribution is -2.45. The maximum absolute atomic E-state index is 15.8. The van der Waals surface area contributed by atoms with Gasteiger partial charge < -0.3 is 15.4 Å². The Morgan fingerprint density at radius 1 is 1.14 bits per heavy atom. The Bertz CT molecular complexity index is 1610. The average molecular weight is 631 g/mol. The molecule has 1 heterocycles. The number of carbonyl (C=O) groups excluding carboxylic acids is 2. The minimum absolute atomic E-state index is 0.0319. The number of hydrogen-bond acceptors (Lipinski definition) is 6. The first-order chi connectivity index (χ1) is 20.3. The van der Waals surface area contributed by atoms with Gasteiger partial charge in [0.15, 0.2) is 0 Å². The van der Waals surface area contributed by atoms with Gasteiger partial charge in [0.2, 0.25) is 5.91 Å². The summed E-state index contributed by atoms with van der Waals surface area (Å²) in [5.41, 5.74) is 0.175. The second-order valence-corrected chi connectivity index (χ2v) is 12.4. The summed E-state index contributed by atoms with van der Waals surface area (Å²) in [6, 6.07) is 12.8. The minimum atomic E-state index is -1.78. The molecule has 8 nitrogen and oxygen atoms in total. The van der Waals surface area contributed by atoms with Crippen molar-refractivity contribution < 1.29 is 23.1 Å². The molecule has 4 rings (SSSR count). The molecule has 1 fully saturated rings. The number of nitriles is 1. The Morgan fingerprint density at radius 3 is 2.47 bits per heavy atom. The number of carbonyl (C=O) groups is 2. The normalized spacial score (nSPS) is 21.6. The lowest BCUT2D eigenvalue weighted by Gasteiger charge is -2.37. The van der Waals surface area contributed by atoms with Gasteiger partial charge in [0.1, 0.15) is 22.8 Å². The molecule has 0 spiro atoms. The Kier molecular flexibility index (Phi) is 9.33. The number of nitrogens with one attached hydrogen (secondary N) is 3. The highest BCUT2D eigenvalue weighted by atomic mass is 35.5. The van der Waals surface area contributed by atoms with E-state index in [1.807, 2.05) is 26.2 Å². The Balaban J connectivity index is 1.93. The van der Waals surface area contributed by atoms with Gasteiger partial charge in [-0.05, 0) is 53.8 Å². The number of halogens is 4. The number of benzene rings is 3. The predicted octanol–water partition coefficient (Wildman–Crippen LogP) is 5.84. The molecule has 5 N–H and O–H groups in total. The molecule has 3 aromatic rings. The molecule has 12 heteroatoms. The van der Waals surface area contributed by atoms with Crippen molar-refractivity contribution in [3.63, 3.8) is 0 Å². The van der Waals surface area contributed by atoms with Crippen LogP contribution in [0.1, 0.15) is 54.6 Å². The lowest BCUT2D eigenvalue weighted by molar-refractivity contribution is -0.118. The molecule has 1 aliphatic rings. The van der Waals surface area contributed by atoms with Crippen molar-refractivity contribution in [1.29, 1.82) is 5.26 Å². The van der Waals surface area contributed by atoms with E-state index in [1.54, 1.807) is 0 Å². The Morgan fingerprint density at radius 2 is 1.86 bits per heavy atom. The smallest absolute Gasteiger partial charge is 0.265 e. The van der Waals surface area contributed by atoms with Crippen LogP contribution in [0, 0.1) is 28.4 Å². The zero-order valence-corrected chi connectivity index (χ0v) is 25.4. The summed E-state index contributed by atoms with van der Waals surface area (Å²) >= 11 is 12.3. The quantitative estimate of drug-likeness (QED) is 0.147. The number of nitrogens with zero attached hydrogens (tertiary/aromatic N) is 1. The Labute approximate surface area is 258 Å². The molecule has 0 aliphatic carbocycles. The predicted molar refractivity (Wildman–Crippen MR) is 161 cm³/mol. The maximum atomic E-state index is 15.8. The minimum Gasteiger partial charge on any atom is -0.495 e. The SMILES string of the molecule is COc1cc(C(=O)NN)ccc1NC(=O)[C@@H]1N[C@@H](CC(C)(C)C)[C@](C#N)(c2ccc(Cl)cc2F)[C@H]1c1cccc(Cl)c1F. The average Bonchev–Trinajstić information content (AvgIpc) is 3.27. The zero-order chi connectivity index (χ0) is 31.7. The molecule has 1 aliphatic heterocycles. The van der Waals surface area contributed by atoms with Gasteiger partial charge in [-0.25, -0.2) is 14.6 Å². The van der Waals surface area contributed by atoms with Gasteiger partial charge in [-0.3, -0.25) is 15.0 Å². The third-order valence-electron chi connectivity index (χ3n) is 7.58. The van der Waals surface area contributed by atoms with Crippen LogP contribution >= 0.6 is 23.2 Å². The first-order valence-electron chi connectivity index (χ1n) is 13.3. The molecule has 226 valence electrons. The van der Waals surface area contributed by atoms with Gasteiger partial charge in [-0.1, -0.05) is 62.2 Å². The maximum Gasteiger partial charge on any atom is 0.265 e. The number of hydrogen-bond donors (Lipinski definition) is 4. The first kappa shape index (κ1) is 32.2. The molecular weight excluding hydrogens is 599 g/mol. The topological polar surface area (TPSA) is 129 Å². The van der Waals surface area contributed by atoms with Crippen LogP contribution in [0.15, 0.2) is 54.6 Å². The molecule has 4 atom stereocenters. The van der Waals surface area contributed by atoms with E-state index in [-0.39, 0.29) is 38.2 Å². The number of methoxy groups -OCH3 is 1. The van der Waals surface area contributed by atoms with Crippen molar-refractivity contribution in [3.8, 4) is 11.8 Å². The number of anilines is 1. The number of ether oxygens (including phenoxy) is 1. The van der Waals surface area contributed by atoms with Crippen LogP contribution < -0.4 is 26.6 Å². The van der Waals surface area contributed by atoms with Crippen LogP contribution in [-0.4, -0.2) is 31.0 Å². The molecule has 0 saturated carbocycles. The van der Waals surface area contributed by atoms with Gasteiger partial charge in [0.05, 0.1) is 29.9 Å². The van der Waals surface area contributed by atoms with E-state index < -0.39 is 52.3 Å². The van der Waals surface area contributed by atoms with Crippen molar-refractivity contribution in [3.05, 3.63) is 93.0 Å². The van der Waals surface area contributed by atoms with E-state index in [0.717, 1.165) is 6.07 Å². The van der Waals surface area contributed by atoms with Crippen molar-refractivity contribution >= 4 is 40.7 Å². The number of nitrogen functional groups attached to an aromatic ring is 1. The zero-order valence-electron chi connectivity index (χ0n) is 23.9. The summed E-state index contributed by atoms with van der Waals surface area (Å²) in [5, 5.41) is 16.9. The monoisotopic (exact) mass is 629 g/mol. The molecule has 1 saturated heterocycles. The molecule has 0 unspecified atom stereocenters. The van der Waals surface area contributed by atoms with Crippen molar-refractivity contribution in [1.82, 2.24) is 10.7 Å². The van der Waals surface area contributed by atoms with Crippen LogP contribution in [0.2, 0.25) is 10.0 Å². The fourth-order valence-electron chi connectivity index (χ4n) is 5.79. The summed E-state index contributed by atoms with van der Waals surface area (Å²) in [5.74, 6) is 1.33. The fraction of sp³-hybridized carbons (Fsp3) is 0.323. The van der Waals surface area contributed by atoms with Gasteiger partial charge in [0, 0.05) is 28.1 Å². The van der Waals surface area contributed by atoms with Crippen LogP contribution in [0.5, 0.6) is 5.75 Å². The number of hydrazine groups is 1. The second kappa shape index (κ2) is 12.5. The largest absolute Gasteiger partial charge is 0.495 e. The summed E-state index contributed by atoms with van der Waals surface area (Å²) in [4.78, 5) is 26.1. The van der Waals surface area contributed by atoms with Gasteiger partial charge in [-0.2, -0.15) is 5.26 Å². The van der Waals surface area contributed by atoms with Gasteiger partial charge >= 0.3 is 0 Å². The van der Waals surface area contributed by atoms with Crippen LogP contribution in [-0.2, 0) is 10.2 Å². The van der Waals surface area contributed by atoms with Gasteiger partial charge in [0.25, 0.3) is 5.91 Å². The van der Waals surface area contributed by atoms with Crippen LogP contribution in [0.3, 0.4) is 0 Å². The molecule has 0 bridgehead atoms. The van der Waals surface area contributed by atoms with E-state index in [0.29, 0.717) is 6.42 Å². The molecule has 0 aromatic heterocycles. The highest BCUT2D eigenvalue weighted by Gasteiger charge is 2.61. The fourth-order valence-corrected chi connectivity index (χ4v) is 6.13. The summed E-state index contributed by atoms with van der Waals surface area (Å²) in [6.45, 7) is 5.84. The highest BCUT2D eigenvalue weighted by Crippen LogP contribution is 2.53. The van der Waals surface area contributed by atoms with E-state index in [4.69, 9.17) is 33.8 Å². The van der Waals surface area contributed by atoms with Crippen molar-refractivity contribution in [2.75, 3.05) is 12.4 Å². The summed E-state index contributed by atoms with van der Waals surface area (Å²) < 4.78 is 37.0. The standard InChI is InChI=1S/C31H31Cl2F2N5O3/c1-30(2,3)14-24-31(15-36,19-10-9-17(32)13-21(19)34)25(18-6-5-7-20(33)26(18)35)27(39-24)29(42)38-22-11-8-16(28(41)40-37)12-23(22)43-4/h5-13,24-25,27,39H,14,37H2,1-4H3,(H,38,42)(H,40,41)/t24-,25-,27+,31-/m0/s1. The molecule has 2 amide bonds. The number of nitrogens with two attached hydrogens (primary N) is 1. The highest BCUT2D eigenvalue weighted by molar-refractivity contribution is 6.31. The first-order valence-corrected chi connectivity index (χ1v) is 14.1. The third-order valence-corrected chi connectivity index (χ3v) is 8.11. The van der Waals surface area contributed by atoms with E-state index >= 15 is 8.78 Å². The summed E-state index contributed by atoms with van der Waals surface area (Å²) in [7, 11) is 1.36. The van der Waals surface area contributed by atoms with Crippen LogP contribution in [0.25, 0.3) is 0 Å². The third kappa shape index (κ3) is 6.17. The second-order valence-electron chi connectivity index (χ2n) is 11.6. The van der Waals surface area contributed by atoms with Crippen LogP contribution in [0.4, 0.5) is 14.5 Å². The van der Waals surface area contributed by atoms with E-state index in [1.165, 1.54) is 55.6 Å². The Hall–Kier alpha value is -3.75. The lowest BCUT2D eigenvalue weighted by atomic mass is 9.62.